The molecule has 1 aromatic rings. The fourth-order valence-corrected chi connectivity index (χ4v) is 5.57. The van der Waals surface area contributed by atoms with Crippen molar-refractivity contribution in [2.75, 3.05) is 0 Å². The summed E-state index contributed by atoms with van der Waals surface area (Å²) in [6.45, 7) is 6.54. The minimum absolute atomic E-state index is 0.0371. The lowest BCUT2D eigenvalue weighted by molar-refractivity contribution is -0.0444. The Morgan fingerprint density at radius 1 is 1.26 bits per heavy atom. The molecule has 0 unspecified atom stereocenters. The zero-order valence-electron chi connectivity index (χ0n) is 16.9. The van der Waals surface area contributed by atoms with E-state index in [1.54, 1.807) is 0 Å². The molecule has 0 amide bonds. The van der Waals surface area contributed by atoms with Crippen molar-refractivity contribution in [2.45, 2.75) is 71.5 Å². The third kappa shape index (κ3) is 4.45. The molecule has 148 valence electrons. The second-order valence-corrected chi connectivity index (χ2v) is 8.87. The number of allylic oxidation sites excluding steroid dienone is 1. The lowest BCUT2D eigenvalue weighted by Crippen LogP contribution is -2.43. The van der Waals surface area contributed by atoms with E-state index in [-0.39, 0.29) is 23.6 Å². The van der Waals surface area contributed by atoms with Crippen LogP contribution in [0.15, 0.2) is 42.5 Å². The highest BCUT2D eigenvalue weighted by Crippen LogP contribution is 2.58. The van der Waals surface area contributed by atoms with Gasteiger partial charge in [0.25, 0.3) is 0 Å². The van der Waals surface area contributed by atoms with Crippen molar-refractivity contribution < 1.29 is 14.6 Å². The minimum Gasteiger partial charge on any atom is -0.458 e. The Bertz CT molecular complexity index is 651. The van der Waals surface area contributed by atoms with E-state index in [1.165, 1.54) is 12.8 Å². The van der Waals surface area contributed by atoms with E-state index >= 15 is 0 Å². The Morgan fingerprint density at radius 2 is 2.00 bits per heavy atom. The lowest BCUT2D eigenvalue weighted by atomic mass is 9.62. The SMILES string of the molecule is C[C@H](O)C/C=C/[C@H](C)[C@H]1CC[C@H]2[C@@H](OC(=O)c3ccccc3)CCC[C@]12C. The van der Waals surface area contributed by atoms with E-state index in [9.17, 15) is 9.90 Å². The number of benzene rings is 1. The first-order valence-electron chi connectivity index (χ1n) is 10.5. The molecule has 0 spiro atoms. The first-order chi connectivity index (χ1) is 12.9. The number of aliphatic hydroxyl groups is 1. The van der Waals surface area contributed by atoms with Crippen molar-refractivity contribution in [3.63, 3.8) is 0 Å². The molecule has 2 saturated carbocycles. The average Bonchev–Trinajstić information content (AvgIpc) is 3.00. The molecule has 0 heterocycles. The first-order valence-corrected chi connectivity index (χ1v) is 10.5. The molecule has 0 bridgehead atoms. The highest BCUT2D eigenvalue weighted by Gasteiger charge is 2.53. The van der Waals surface area contributed by atoms with E-state index < -0.39 is 0 Å². The molecule has 3 rings (SSSR count). The van der Waals surface area contributed by atoms with E-state index in [0.717, 1.165) is 19.3 Å². The number of carbonyl (C=O) groups is 1. The fraction of sp³-hybridized carbons (Fsp3) is 0.625. The molecule has 1 aromatic carbocycles. The van der Waals surface area contributed by atoms with Crippen molar-refractivity contribution in [3.8, 4) is 0 Å². The Labute approximate surface area is 163 Å². The topological polar surface area (TPSA) is 46.5 Å². The fourth-order valence-electron chi connectivity index (χ4n) is 5.57. The second-order valence-electron chi connectivity index (χ2n) is 8.87. The molecule has 27 heavy (non-hydrogen) atoms. The normalized spacial score (nSPS) is 32.8. The minimum atomic E-state index is -0.281. The molecule has 3 nitrogen and oxygen atoms in total. The maximum atomic E-state index is 12.6. The van der Waals surface area contributed by atoms with E-state index in [0.29, 0.717) is 29.7 Å². The van der Waals surface area contributed by atoms with Crippen LogP contribution in [-0.2, 0) is 4.74 Å². The smallest absolute Gasteiger partial charge is 0.338 e. The highest BCUT2D eigenvalue weighted by atomic mass is 16.5. The number of carbonyl (C=O) groups excluding carboxylic acids is 1. The van der Waals surface area contributed by atoms with E-state index in [4.69, 9.17) is 4.74 Å². The molecule has 0 aliphatic heterocycles. The maximum Gasteiger partial charge on any atom is 0.338 e. The number of fused-ring (bicyclic) bond motifs is 1. The van der Waals surface area contributed by atoms with Crippen LogP contribution in [0.2, 0.25) is 0 Å². The number of hydrogen-bond acceptors (Lipinski definition) is 3. The summed E-state index contributed by atoms with van der Waals surface area (Å²) >= 11 is 0. The van der Waals surface area contributed by atoms with Crippen LogP contribution in [0.1, 0.15) is 69.7 Å². The number of hydrogen-bond donors (Lipinski definition) is 1. The van der Waals surface area contributed by atoms with E-state index in [2.05, 4.69) is 26.0 Å². The number of aliphatic hydroxyl groups excluding tert-OH is 1. The van der Waals surface area contributed by atoms with Gasteiger partial charge in [-0.15, -0.1) is 0 Å². The van der Waals surface area contributed by atoms with Crippen LogP contribution in [0.4, 0.5) is 0 Å². The summed E-state index contributed by atoms with van der Waals surface area (Å²) < 4.78 is 6.01. The van der Waals surface area contributed by atoms with Crippen molar-refractivity contribution in [3.05, 3.63) is 48.0 Å². The summed E-state index contributed by atoms with van der Waals surface area (Å²) in [5.41, 5.74) is 0.878. The van der Waals surface area contributed by atoms with Gasteiger partial charge in [0, 0.05) is 5.92 Å². The molecule has 2 aliphatic carbocycles. The molecule has 0 aromatic heterocycles. The Balaban J connectivity index is 1.68. The summed E-state index contributed by atoms with van der Waals surface area (Å²) in [6, 6.07) is 9.35. The predicted octanol–water partition coefficient (Wildman–Crippen LogP) is 5.39. The Kier molecular flexibility index (Phi) is 6.41. The van der Waals surface area contributed by atoms with Crippen LogP contribution in [0.25, 0.3) is 0 Å². The monoisotopic (exact) mass is 370 g/mol. The van der Waals surface area contributed by atoms with Gasteiger partial charge in [0.1, 0.15) is 6.10 Å². The molecule has 0 saturated heterocycles. The van der Waals surface area contributed by atoms with Gasteiger partial charge in [-0.3, -0.25) is 0 Å². The third-order valence-corrected chi connectivity index (χ3v) is 6.96. The average molecular weight is 371 g/mol. The van der Waals surface area contributed by atoms with Gasteiger partial charge in [-0.2, -0.15) is 0 Å². The van der Waals surface area contributed by atoms with Crippen LogP contribution < -0.4 is 0 Å². The zero-order chi connectivity index (χ0) is 19.4. The summed E-state index contributed by atoms with van der Waals surface area (Å²) in [5, 5.41) is 9.48. The Morgan fingerprint density at radius 3 is 2.70 bits per heavy atom. The molecule has 2 aliphatic rings. The molecule has 6 atom stereocenters. The van der Waals surface area contributed by atoms with Gasteiger partial charge in [-0.25, -0.2) is 4.79 Å². The molecule has 3 heteroatoms. The molecule has 2 fully saturated rings. The summed E-state index contributed by atoms with van der Waals surface area (Å²) in [6.07, 6.45) is 10.5. The summed E-state index contributed by atoms with van der Waals surface area (Å²) in [5.74, 6) is 1.38. The van der Waals surface area contributed by atoms with Crippen molar-refractivity contribution in [2.24, 2.45) is 23.2 Å². The van der Waals surface area contributed by atoms with Crippen molar-refractivity contribution >= 4 is 5.97 Å². The largest absolute Gasteiger partial charge is 0.458 e. The highest BCUT2D eigenvalue weighted by molar-refractivity contribution is 5.89. The summed E-state index contributed by atoms with van der Waals surface area (Å²) in [4.78, 5) is 12.6. The van der Waals surface area contributed by atoms with Gasteiger partial charge in [-0.05, 0) is 74.8 Å². The standard InChI is InChI=1S/C24H34O3/c1-17(9-7-10-18(2)25)20-14-15-21-22(13-8-16-24(20,21)3)27-23(26)19-11-5-4-6-12-19/h4-7,9,11-12,17-18,20-22,25H,8,10,13-16H2,1-3H3/b9-7+/t17-,18-,20+,21-,22-,24+/m0/s1. The first kappa shape index (κ1) is 20.1. The number of esters is 1. The molecule has 0 radical (unpaired) electrons. The molecular weight excluding hydrogens is 336 g/mol. The van der Waals surface area contributed by atoms with Gasteiger partial charge in [0.05, 0.1) is 11.7 Å². The van der Waals surface area contributed by atoms with E-state index in [1.807, 2.05) is 37.3 Å². The molecular formula is C24H34O3. The van der Waals surface area contributed by atoms with Gasteiger partial charge in [0.15, 0.2) is 0 Å². The lowest BCUT2D eigenvalue weighted by Gasteiger charge is -2.45. The second kappa shape index (κ2) is 8.60. The van der Waals surface area contributed by atoms with Gasteiger partial charge < -0.3 is 9.84 Å². The number of rotatable bonds is 6. The van der Waals surface area contributed by atoms with Crippen LogP contribution >= 0.6 is 0 Å². The van der Waals surface area contributed by atoms with Gasteiger partial charge in [-0.1, -0.05) is 44.2 Å². The van der Waals surface area contributed by atoms with Gasteiger partial charge in [0.2, 0.25) is 0 Å². The maximum absolute atomic E-state index is 12.6. The van der Waals surface area contributed by atoms with Crippen LogP contribution in [0.3, 0.4) is 0 Å². The Hall–Kier alpha value is -1.61. The third-order valence-electron chi connectivity index (χ3n) is 6.96. The van der Waals surface area contributed by atoms with Gasteiger partial charge >= 0.3 is 5.97 Å². The zero-order valence-corrected chi connectivity index (χ0v) is 16.9. The van der Waals surface area contributed by atoms with Crippen molar-refractivity contribution in [1.82, 2.24) is 0 Å². The quantitative estimate of drug-likeness (QED) is 0.539. The summed E-state index contributed by atoms with van der Waals surface area (Å²) in [7, 11) is 0. The van der Waals surface area contributed by atoms with Crippen LogP contribution in [0, 0.1) is 23.2 Å². The van der Waals surface area contributed by atoms with Crippen LogP contribution in [0.5, 0.6) is 0 Å². The number of ether oxygens (including phenoxy) is 1. The predicted molar refractivity (Wildman–Crippen MR) is 108 cm³/mol. The molecule has 1 N–H and O–H groups in total. The van der Waals surface area contributed by atoms with Crippen molar-refractivity contribution in [1.29, 1.82) is 0 Å². The van der Waals surface area contributed by atoms with Crippen LogP contribution in [-0.4, -0.2) is 23.3 Å².